The lowest BCUT2D eigenvalue weighted by Crippen LogP contribution is -2.17. The van der Waals surface area contributed by atoms with Crippen LogP contribution in [-0.4, -0.2) is 50.7 Å². The van der Waals surface area contributed by atoms with Gasteiger partial charge in [-0.15, -0.1) is 10.2 Å². The minimum atomic E-state index is -4.33. The molecule has 1 aromatic heterocycles. The minimum absolute atomic E-state index is 0.00576. The highest BCUT2D eigenvalue weighted by Crippen LogP contribution is 2.26. The summed E-state index contributed by atoms with van der Waals surface area (Å²) < 4.78 is 36.7. The molecule has 0 fully saturated rings. The Labute approximate surface area is 192 Å². The van der Waals surface area contributed by atoms with E-state index in [4.69, 9.17) is 0 Å². The van der Waals surface area contributed by atoms with Crippen LogP contribution in [0.1, 0.15) is 36.6 Å². The van der Waals surface area contributed by atoms with Crippen LogP contribution in [0.5, 0.6) is 0 Å². The highest BCUT2D eigenvalue weighted by molar-refractivity contribution is 7.94. The van der Waals surface area contributed by atoms with Crippen molar-refractivity contribution in [2.45, 2.75) is 11.3 Å². The van der Waals surface area contributed by atoms with Crippen LogP contribution in [0.25, 0.3) is 0 Å². The van der Waals surface area contributed by atoms with Crippen LogP contribution in [0.2, 0.25) is 0 Å². The van der Waals surface area contributed by atoms with Crippen molar-refractivity contribution in [3.63, 3.8) is 0 Å². The molecule has 11 nitrogen and oxygen atoms in total. The number of carbonyl (C=O) groups excluding carboxylic acids is 3. The van der Waals surface area contributed by atoms with Crippen LogP contribution in [-0.2, 0) is 19.5 Å². The third-order valence-electron chi connectivity index (χ3n) is 4.23. The van der Waals surface area contributed by atoms with E-state index in [0.29, 0.717) is 16.9 Å². The molecule has 0 atom stereocenters. The highest BCUT2D eigenvalue weighted by Gasteiger charge is 2.25. The number of nitrogens with zero attached hydrogens (tertiary/aromatic N) is 2. The maximum atomic E-state index is 12.8. The normalized spacial score (nSPS) is 10.9. The quantitative estimate of drug-likeness (QED) is 0.375. The third kappa shape index (κ3) is 5.51. The van der Waals surface area contributed by atoms with Gasteiger partial charge in [0.15, 0.2) is 0 Å². The number of amides is 1. The van der Waals surface area contributed by atoms with Crippen molar-refractivity contribution in [3.05, 3.63) is 64.7 Å². The topological polar surface area (TPSA) is 154 Å². The Balaban J connectivity index is 1.87. The van der Waals surface area contributed by atoms with Crippen molar-refractivity contribution >= 4 is 50.0 Å². The van der Waals surface area contributed by atoms with E-state index in [2.05, 4.69) is 29.7 Å². The first-order chi connectivity index (χ1) is 15.6. The molecule has 3 rings (SSSR count). The van der Waals surface area contributed by atoms with Gasteiger partial charge in [0.1, 0.15) is 0 Å². The number of aryl methyl sites for hydroxylation is 1. The number of ether oxygens (including phenoxy) is 2. The maximum Gasteiger partial charge on any atom is 0.339 e. The fraction of sp³-hybridized carbons (Fsp3) is 0.150. The van der Waals surface area contributed by atoms with Crippen LogP contribution < -0.4 is 10.0 Å². The largest absolute Gasteiger partial charge is 0.465 e. The van der Waals surface area contributed by atoms with Crippen molar-refractivity contribution < 1.29 is 32.3 Å². The standard InChI is InChI=1S/C20H18N4O7S2/c1-11-5-4-6-12(9-11)16(25)21-19-22-23-20(32-19)33(28,29)24-15-10-13(17(26)30-2)7-8-14(15)18(27)31-3/h4-10,24H,1-3H3,(H,21,22,25). The lowest BCUT2D eigenvalue weighted by Gasteiger charge is -2.11. The Hall–Kier alpha value is -3.84. The van der Waals surface area contributed by atoms with Crippen molar-refractivity contribution in [1.82, 2.24) is 10.2 Å². The van der Waals surface area contributed by atoms with Gasteiger partial charge in [-0.2, -0.15) is 8.42 Å². The summed E-state index contributed by atoms with van der Waals surface area (Å²) in [5.74, 6) is -2.04. The van der Waals surface area contributed by atoms with E-state index >= 15 is 0 Å². The van der Waals surface area contributed by atoms with E-state index in [9.17, 15) is 22.8 Å². The summed E-state index contributed by atoms with van der Waals surface area (Å²) >= 11 is 0.609. The zero-order chi connectivity index (χ0) is 24.2. The van der Waals surface area contributed by atoms with E-state index < -0.39 is 32.2 Å². The molecular weight excluding hydrogens is 472 g/mol. The third-order valence-corrected chi connectivity index (χ3v) is 6.80. The van der Waals surface area contributed by atoms with Gasteiger partial charge in [0.2, 0.25) is 5.13 Å². The number of esters is 2. The number of hydrogen-bond donors (Lipinski definition) is 2. The van der Waals surface area contributed by atoms with Gasteiger partial charge in [-0.25, -0.2) is 9.59 Å². The lowest BCUT2D eigenvalue weighted by atomic mass is 10.1. The average molecular weight is 491 g/mol. The Kier molecular flexibility index (Phi) is 7.04. The molecule has 1 amide bonds. The molecule has 13 heteroatoms. The fourth-order valence-corrected chi connectivity index (χ4v) is 4.64. The van der Waals surface area contributed by atoms with Crippen LogP contribution in [0.4, 0.5) is 10.8 Å². The van der Waals surface area contributed by atoms with E-state index in [1.165, 1.54) is 12.1 Å². The molecule has 2 N–H and O–H groups in total. The molecule has 0 saturated carbocycles. The van der Waals surface area contributed by atoms with Crippen LogP contribution in [0, 0.1) is 6.92 Å². The molecule has 0 aliphatic heterocycles. The second kappa shape index (κ2) is 9.75. The second-order valence-corrected chi connectivity index (χ2v) is 9.38. The number of sulfonamides is 1. The molecule has 0 spiro atoms. The van der Waals surface area contributed by atoms with Crippen molar-refractivity contribution in [2.75, 3.05) is 24.3 Å². The van der Waals surface area contributed by atoms with Gasteiger partial charge in [0.05, 0.1) is 31.0 Å². The summed E-state index contributed by atoms with van der Waals surface area (Å²) in [7, 11) is -2.04. The summed E-state index contributed by atoms with van der Waals surface area (Å²) in [4.78, 5) is 36.2. The van der Waals surface area contributed by atoms with Crippen LogP contribution >= 0.6 is 11.3 Å². The number of rotatable bonds is 7. The minimum Gasteiger partial charge on any atom is -0.465 e. The van der Waals surface area contributed by atoms with E-state index in [1.54, 1.807) is 18.2 Å². The molecule has 2 aromatic carbocycles. The molecular formula is C20H18N4O7S2. The van der Waals surface area contributed by atoms with E-state index in [0.717, 1.165) is 25.8 Å². The predicted octanol–water partition coefficient (Wildman–Crippen LogP) is 2.47. The Morgan fingerprint density at radius 1 is 0.939 bits per heavy atom. The van der Waals surface area contributed by atoms with Gasteiger partial charge in [-0.1, -0.05) is 29.0 Å². The first-order valence-corrected chi connectivity index (χ1v) is 11.5. The number of aromatic nitrogens is 2. The zero-order valence-electron chi connectivity index (χ0n) is 17.6. The number of nitrogens with one attached hydrogen (secondary N) is 2. The summed E-state index contributed by atoms with van der Waals surface area (Å²) in [6.45, 7) is 1.83. The van der Waals surface area contributed by atoms with Gasteiger partial charge < -0.3 is 9.47 Å². The summed E-state index contributed by atoms with van der Waals surface area (Å²) in [6, 6.07) is 10.5. The number of benzene rings is 2. The number of anilines is 2. The van der Waals surface area contributed by atoms with Gasteiger partial charge in [0, 0.05) is 5.56 Å². The smallest absolute Gasteiger partial charge is 0.339 e. The number of methoxy groups -OCH3 is 2. The molecule has 0 saturated heterocycles. The molecule has 172 valence electrons. The van der Waals surface area contributed by atoms with E-state index in [-0.39, 0.29) is 21.9 Å². The predicted molar refractivity (Wildman–Crippen MR) is 119 cm³/mol. The van der Waals surface area contributed by atoms with E-state index in [1.807, 2.05) is 13.0 Å². The van der Waals surface area contributed by atoms with Crippen molar-refractivity contribution in [2.24, 2.45) is 0 Å². The molecule has 0 aliphatic carbocycles. The number of hydrogen-bond acceptors (Lipinski definition) is 10. The zero-order valence-corrected chi connectivity index (χ0v) is 19.2. The Morgan fingerprint density at radius 2 is 1.67 bits per heavy atom. The van der Waals surface area contributed by atoms with Crippen LogP contribution in [0.15, 0.2) is 46.8 Å². The summed E-state index contributed by atoms with van der Waals surface area (Å²) in [6.07, 6.45) is 0. The fourth-order valence-electron chi connectivity index (χ4n) is 2.67. The molecule has 3 aromatic rings. The SMILES string of the molecule is COC(=O)c1ccc(C(=O)OC)c(NS(=O)(=O)c2nnc(NC(=O)c3cccc(C)c3)s2)c1. The van der Waals surface area contributed by atoms with Crippen molar-refractivity contribution in [3.8, 4) is 0 Å². The van der Waals surface area contributed by atoms with Crippen LogP contribution in [0.3, 0.4) is 0 Å². The average Bonchev–Trinajstić information content (AvgIpc) is 3.27. The Morgan fingerprint density at radius 3 is 2.33 bits per heavy atom. The van der Waals surface area contributed by atoms with Gasteiger partial charge >= 0.3 is 11.9 Å². The van der Waals surface area contributed by atoms with Gasteiger partial charge in [-0.3, -0.25) is 14.8 Å². The highest BCUT2D eigenvalue weighted by atomic mass is 32.2. The molecule has 1 heterocycles. The number of carbonyl (C=O) groups is 3. The first-order valence-electron chi connectivity index (χ1n) is 9.19. The Bertz CT molecular complexity index is 1340. The summed E-state index contributed by atoms with van der Waals surface area (Å²) in [5.41, 5.74) is 0.904. The summed E-state index contributed by atoms with van der Waals surface area (Å²) in [5, 5.41) is 9.76. The monoisotopic (exact) mass is 490 g/mol. The maximum absolute atomic E-state index is 12.8. The lowest BCUT2D eigenvalue weighted by molar-refractivity contribution is 0.0587. The first kappa shape index (κ1) is 23.8. The second-order valence-electron chi connectivity index (χ2n) is 6.55. The molecule has 0 radical (unpaired) electrons. The molecule has 0 unspecified atom stereocenters. The molecule has 33 heavy (non-hydrogen) atoms. The van der Waals surface area contributed by atoms with Gasteiger partial charge in [0.25, 0.3) is 20.3 Å². The molecule has 0 aliphatic rings. The molecule has 0 bridgehead atoms. The van der Waals surface area contributed by atoms with Gasteiger partial charge in [-0.05, 0) is 37.3 Å². The van der Waals surface area contributed by atoms with Crippen molar-refractivity contribution in [1.29, 1.82) is 0 Å².